The highest BCUT2D eigenvalue weighted by molar-refractivity contribution is 7.20. The number of thiophene rings is 1. The molecule has 0 bridgehead atoms. The van der Waals surface area contributed by atoms with Gasteiger partial charge in [-0.3, -0.25) is 9.59 Å². The summed E-state index contributed by atoms with van der Waals surface area (Å²) in [6, 6.07) is 27.9. The molecule has 0 saturated heterocycles. The molecule has 31 heavy (non-hydrogen) atoms. The molecule has 3 nitrogen and oxygen atoms in total. The zero-order chi connectivity index (χ0) is 21.8. The molecule has 0 saturated carbocycles. The Hall–Kier alpha value is -3.50. The van der Waals surface area contributed by atoms with Crippen LogP contribution in [0.3, 0.4) is 0 Å². The van der Waals surface area contributed by atoms with Crippen LogP contribution in [0, 0.1) is 6.92 Å². The Balaban J connectivity index is 1.93. The summed E-state index contributed by atoms with van der Waals surface area (Å²) in [5.41, 5.74) is 5.54. The molecular weight excluding hydrogens is 402 g/mol. The van der Waals surface area contributed by atoms with Gasteiger partial charge in [-0.2, -0.15) is 0 Å². The molecule has 0 atom stereocenters. The van der Waals surface area contributed by atoms with Gasteiger partial charge in [-0.05, 0) is 23.6 Å². The number of aryl methyl sites for hydroxylation is 1. The summed E-state index contributed by atoms with van der Waals surface area (Å²) in [4.78, 5) is 26.5. The molecule has 4 heteroatoms. The van der Waals surface area contributed by atoms with Gasteiger partial charge >= 0.3 is 0 Å². The molecule has 0 radical (unpaired) electrons. The van der Waals surface area contributed by atoms with Crippen LogP contribution < -0.4 is 5.32 Å². The second-order valence-electron chi connectivity index (χ2n) is 7.51. The van der Waals surface area contributed by atoms with E-state index in [1.165, 1.54) is 18.3 Å². The van der Waals surface area contributed by atoms with Gasteiger partial charge in [-0.15, -0.1) is 11.3 Å². The lowest BCUT2D eigenvalue weighted by molar-refractivity contribution is -0.114. The van der Waals surface area contributed by atoms with Gasteiger partial charge in [0.15, 0.2) is 5.78 Å². The van der Waals surface area contributed by atoms with E-state index in [2.05, 4.69) is 5.32 Å². The summed E-state index contributed by atoms with van der Waals surface area (Å²) in [6.07, 6.45) is 0.275. The number of hydrogen-bond acceptors (Lipinski definition) is 3. The topological polar surface area (TPSA) is 46.2 Å². The number of Topliss-reactive ketones (excluding diaryl/α,β-unsaturated/α-hetero) is 1. The molecule has 3 aromatic carbocycles. The van der Waals surface area contributed by atoms with E-state index in [1.54, 1.807) is 0 Å². The van der Waals surface area contributed by atoms with Crippen molar-refractivity contribution in [2.45, 2.75) is 20.3 Å². The highest BCUT2D eigenvalue weighted by Crippen LogP contribution is 2.46. The number of anilines is 1. The quantitative estimate of drug-likeness (QED) is 0.346. The third-order valence-electron chi connectivity index (χ3n) is 5.06. The molecule has 0 aliphatic rings. The van der Waals surface area contributed by atoms with E-state index in [1.807, 2.05) is 91.9 Å². The van der Waals surface area contributed by atoms with Crippen molar-refractivity contribution >= 4 is 28.0 Å². The molecule has 0 spiro atoms. The van der Waals surface area contributed by atoms with E-state index < -0.39 is 0 Å². The van der Waals surface area contributed by atoms with Crippen LogP contribution in [-0.2, 0) is 11.2 Å². The predicted octanol–water partition coefficient (Wildman–Crippen LogP) is 6.77. The van der Waals surface area contributed by atoms with E-state index in [0.717, 1.165) is 32.7 Å². The van der Waals surface area contributed by atoms with Gasteiger partial charge < -0.3 is 5.32 Å². The zero-order valence-electron chi connectivity index (χ0n) is 17.5. The van der Waals surface area contributed by atoms with Gasteiger partial charge in [0.2, 0.25) is 5.91 Å². The van der Waals surface area contributed by atoms with Crippen LogP contribution in [-0.4, -0.2) is 11.7 Å². The average Bonchev–Trinajstić information content (AvgIpc) is 3.14. The molecule has 0 aliphatic carbocycles. The Kier molecular flexibility index (Phi) is 6.10. The van der Waals surface area contributed by atoms with E-state index in [-0.39, 0.29) is 18.1 Å². The number of rotatable bonds is 6. The summed E-state index contributed by atoms with van der Waals surface area (Å²) in [6.45, 7) is 3.51. The molecule has 154 valence electrons. The van der Waals surface area contributed by atoms with Gasteiger partial charge in [0.25, 0.3) is 0 Å². The summed E-state index contributed by atoms with van der Waals surface area (Å²) >= 11 is 1.45. The standard InChI is InChI=1S/C27H23NO2S/c1-18-13-15-21(16-14-18)24-25(23(30)17-20-9-5-3-6-10-20)27(28-19(2)29)31-26(24)22-11-7-4-8-12-22/h3-16H,17H2,1-2H3,(H,28,29). The Morgan fingerprint density at radius 3 is 2.03 bits per heavy atom. The predicted molar refractivity (Wildman–Crippen MR) is 129 cm³/mol. The highest BCUT2D eigenvalue weighted by atomic mass is 32.1. The maximum Gasteiger partial charge on any atom is 0.221 e. The van der Waals surface area contributed by atoms with E-state index >= 15 is 0 Å². The Morgan fingerprint density at radius 2 is 1.42 bits per heavy atom. The fourth-order valence-electron chi connectivity index (χ4n) is 3.60. The average molecular weight is 426 g/mol. The van der Waals surface area contributed by atoms with Crippen molar-refractivity contribution in [3.05, 3.63) is 102 Å². The van der Waals surface area contributed by atoms with E-state index in [0.29, 0.717) is 10.6 Å². The van der Waals surface area contributed by atoms with Crippen LogP contribution in [0.5, 0.6) is 0 Å². The molecule has 0 unspecified atom stereocenters. The van der Waals surface area contributed by atoms with Crippen molar-refractivity contribution in [3.63, 3.8) is 0 Å². The Morgan fingerprint density at radius 1 is 0.806 bits per heavy atom. The Labute approximate surface area is 186 Å². The smallest absolute Gasteiger partial charge is 0.221 e. The van der Waals surface area contributed by atoms with Crippen molar-refractivity contribution in [2.75, 3.05) is 5.32 Å². The van der Waals surface area contributed by atoms with Gasteiger partial charge in [-0.1, -0.05) is 90.5 Å². The first-order valence-electron chi connectivity index (χ1n) is 10.2. The van der Waals surface area contributed by atoms with Crippen molar-refractivity contribution in [3.8, 4) is 21.6 Å². The fraction of sp³-hybridized carbons (Fsp3) is 0.111. The number of benzene rings is 3. The number of hydrogen-bond donors (Lipinski definition) is 1. The summed E-state index contributed by atoms with van der Waals surface area (Å²) in [5.74, 6) is -0.200. The molecule has 1 heterocycles. The first-order valence-corrected chi connectivity index (χ1v) is 11.0. The minimum absolute atomic E-state index is 0.0102. The maximum absolute atomic E-state index is 13.6. The van der Waals surface area contributed by atoms with Crippen molar-refractivity contribution in [1.82, 2.24) is 0 Å². The largest absolute Gasteiger partial charge is 0.317 e. The number of amides is 1. The van der Waals surface area contributed by atoms with Crippen LogP contribution >= 0.6 is 11.3 Å². The number of ketones is 1. The van der Waals surface area contributed by atoms with Crippen LogP contribution in [0.4, 0.5) is 5.00 Å². The van der Waals surface area contributed by atoms with Crippen molar-refractivity contribution in [2.24, 2.45) is 0 Å². The van der Waals surface area contributed by atoms with Gasteiger partial charge in [-0.25, -0.2) is 0 Å². The van der Waals surface area contributed by atoms with Crippen LogP contribution in [0.15, 0.2) is 84.9 Å². The third-order valence-corrected chi connectivity index (χ3v) is 6.21. The van der Waals surface area contributed by atoms with E-state index in [9.17, 15) is 9.59 Å². The number of carbonyl (C=O) groups excluding carboxylic acids is 2. The van der Waals surface area contributed by atoms with Gasteiger partial charge in [0.1, 0.15) is 5.00 Å². The summed E-state index contributed by atoms with van der Waals surface area (Å²) in [5, 5.41) is 3.51. The lowest BCUT2D eigenvalue weighted by Gasteiger charge is -2.10. The molecule has 4 aromatic rings. The first kappa shape index (κ1) is 20.8. The lowest BCUT2D eigenvalue weighted by Crippen LogP contribution is -2.11. The number of nitrogens with one attached hydrogen (secondary N) is 1. The normalized spacial score (nSPS) is 10.6. The highest BCUT2D eigenvalue weighted by Gasteiger charge is 2.26. The molecule has 1 N–H and O–H groups in total. The minimum atomic E-state index is -0.190. The summed E-state index contributed by atoms with van der Waals surface area (Å²) in [7, 11) is 0. The van der Waals surface area contributed by atoms with Crippen LogP contribution in [0.2, 0.25) is 0 Å². The second kappa shape index (κ2) is 9.11. The zero-order valence-corrected chi connectivity index (χ0v) is 18.3. The molecule has 1 aromatic heterocycles. The third kappa shape index (κ3) is 4.65. The van der Waals surface area contributed by atoms with Gasteiger partial charge in [0, 0.05) is 23.8 Å². The van der Waals surface area contributed by atoms with Crippen LogP contribution in [0.1, 0.15) is 28.4 Å². The molecule has 1 amide bonds. The summed E-state index contributed by atoms with van der Waals surface area (Å²) < 4.78 is 0. The molecule has 0 fully saturated rings. The molecular formula is C27H23NO2S. The SMILES string of the molecule is CC(=O)Nc1sc(-c2ccccc2)c(-c2ccc(C)cc2)c1C(=O)Cc1ccccc1. The monoisotopic (exact) mass is 425 g/mol. The maximum atomic E-state index is 13.6. The van der Waals surface area contributed by atoms with Crippen molar-refractivity contribution < 1.29 is 9.59 Å². The Bertz CT molecular complexity index is 1210. The lowest BCUT2D eigenvalue weighted by atomic mass is 9.93. The molecule has 4 rings (SSSR count). The van der Waals surface area contributed by atoms with Crippen LogP contribution in [0.25, 0.3) is 21.6 Å². The minimum Gasteiger partial charge on any atom is -0.317 e. The fourth-order valence-corrected chi connectivity index (χ4v) is 4.90. The number of carbonyl (C=O) groups is 2. The first-order chi connectivity index (χ1) is 15.0. The van der Waals surface area contributed by atoms with Crippen molar-refractivity contribution in [1.29, 1.82) is 0 Å². The van der Waals surface area contributed by atoms with E-state index in [4.69, 9.17) is 0 Å². The second-order valence-corrected chi connectivity index (χ2v) is 8.53. The van der Waals surface area contributed by atoms with Gasteiger partial charge in [0.05, 0.1) is 5.56 Å². The molecule has 0 aliphatic heterocycles.